The van der Waals surface area contributed by atoms with E-state index in [0.717, 1.165) is 24.1 Å². The van der Waals surface area contributed by atoms with Crippen molar-refractivity contribution in [2.45, 2.75) is 18.9 Å². The number of rotatable bonds is 5. The van der Waals surface area contributed by atoms with Gasteiger partial charge in [-0.05, 0) is 54.8 Å². The van der Waals surface area contributed by atoms with Gasteiger partial charge in [-0.15, -0.1) is 0 Å². The molecule has 0 radical (unpaired) electrons. The molecule has 0 spiro atoms. The predicted molar refractivity (Wildman–Crippen MR) is 98.2 cm³/mol. The van der Waals surface area contributed by atoms with Gasteiger partial charge in [0.2, 0.25) is 0 Å². The van der Waals surface area contributed by atoms with Gasteiger partial charge in [-0.3, -0.25) is 9.69 Å². The molecule has 138 valence electrons. The number of halogens is 2. The molecular weight excluding hydrogens is 357 g/mol. The Kier molecular flexibility index (Phi) is 5.79. The first-order valence-corrected chi connectivity index (χ1v) is 8.93. The standard InChI is InChI=1S/C20H21ClFNO3/c1-26-18-9-6-14(11-17(18)22)19(13-4-7-16(21)8-5-13)23-10-2-3-15(12-23)20(24)25/h4-9,11,15,19H,2-3,10,12H2,1H3,(H,24,25). The lowest BCUT2D eigenvalue weighted by atomic mass is 9.91. The number of nitrogens with zero attached hydrogens (tertiary/aromatic N) is 1. The van der Waals surface area contributed by atoms with Crippen LogP contribution in [-0.2, 0) is 4.79 Å². The van der Waals surface area contributed by atoms with E-state index in [9.17, 15) is 14.3 Å². The van der Waals surface area contributed by atoms with E-state index < -0.39 is 17.7 Å². The Hall–Kier alpha value is -2.11. The van der Waals surface area contributed by atoms with Crippen molar-refractivity contribution in [1.29, 1.82) is 0 Å². The summed E-state index contributed by atoms with van der Waals surface area (Å²) in [5.41, 5.74) is 1.71. The number of carboxylic acids is 1. The molecule has 3 rings (SSSR count). The first kappa shape index (κ1) is 18.7. The monoisotopic (exact) mass is 377 g/mol. The third kappa shape index (κ3) is 4.00. The summed E-state index contributed by atoms with van der Waals surface area (Å²) in [6.07, 6.45) is 1.45. The van der Waals surface area contributed by atoms with Gasteiger partial charge in [0.25, 0.3) is 0 Å². The zero-order valence-electron chi connectivity index (χ0n) is 14.5. The number of hydrogen-bond donors (Lipinski definition) is 1. The summed E-state index contributed by atoms with van der Waals surface area (Å²) >= 11 is 6.01. The van der Waals surface area contributed by atoms with Gasteiger partial charge in [0, 0.05) is 11.6 Å². The van der Waals surface area contributed by atoms with Crippen LogP contribution in [0.25, 0.3) is 0 Å². The van der Waals surface area contributed by atoms with E-state index >= 15 is 0 Å². The van der Waals surface area contributed by atoms with Crippen molar-refractivity contribution in [3.8, 4) is 5.75 Å². The fourth-order valence-electron chi connectivity index (χ4n) is 3.55. The summed E-state index contributed by atoms with van der Waals surface area (Å²) in [6, 6.07) is 12.0. The van der Waals surface area contributed by atoms with Crippen LogP contribution in [0.15, 0.2) is 42.5 Å². The number of likely N-dealkylation sites (tertiary alicyclic amines) is 1. The quantitative estimate of drug-likeness (QED) is 0.840. The van der Waals surface area contributed by atoms with Gasteiger partial charge >= 0.3 is 5.97 Å². The molecule has 0 saturated carbocycles. The Morgan fingerprint density at radius 1 is 1.27 bits per heavy atom. The van der Waals surface area contributed by atoms with Crippen LogP contribution in [0.1, 0.15) is 30.0 Å². The van der Waals surface area contributed by atoms with Crippen LogP contribution in [0.4, 0.5) is 4.39 Å². The summed E-state index contributed by atoms with van der Waals surface area (Å²) in [5, 5.41) is 10.0. The molecule has 1 aliphatic rings. The molecule has 1 N–H and O–H groups in total. The Balaban J connectivity index is 2.00. The normalized spacial score (nSPS) is 19.1. The van der Waals surface area contributed by atoms with Gasteiger partial charge in [0.15, 0.2) is 11.6 Å². The van der Waals surface area contributed by atoms with E-state index in [1.807, 2.05) is 18.2 Å². The van der Waals surface area contributed by atoms with Crippen molar-refractivity contribution in [3.05, 3.63) is 64.4 Å². The molecule has 6 heteroatoms. The van der Waals surface area contributed by atoms with Crippen molar-refractivity contribution >= 4 is 17.6 Å². The maximum Gasteiger partial charge on any atom is 0.307 e. The SMILES string of the molecule is COc1ccc(C(c2ccc(Cl)cc2)N2CCCC(C(=O)O)C2)cc1F. The van der Waals surface area contributed by atoms with Crippen LogP contribution >= 0.6 is 11.6 Å². The second kappa shape index (κ2) is 8.06. The summed E-state index contributed by atoms with van der Waals surface area (Å²) in [4.78, 5) is 13.6. The smallest absolute Gasteiger partial charge is 0.307 e. The Labute approximate surface area is 157 Å². The van der Waals surface area contributed by atoms with Crippen LogP contribution in [0, 0.1) is 11.7 Å². The van der Waals surface area contributed by atoms with Crippen molar-refractivity contribution in [2.24, 2.45) is 5.92 Å². The van der Waals surface area contributed by atoms with E-state index in [1.165, 1.54) is 13.2 Å². The zero-order valence-corrected chi connectivity index (χ0v) is 15.2. The molecule has 0 aliphatic carbocycles. The Morgan fingerprint density at radius 3 is 2.58 bits per heavy atom. The van der Waals surface area contributed by atoms with Crippen molar-refractivity contribution in [2.75, 3.05) is 20.2 Å². The van der Waals surface area contributed by atoms with E-state index in [2.05, 4.69) is 4.90 Å². The minimum Gasteiger partial charge on any atom is -0.494 e. The Morgan fingerprint density at radius 2 is 1.96 bits per heavy atom. The number of methoxy groups -OCH3 is 1. The highest BCUT2D eigenvalue weighted by molar-refractivity contribution is 6.30. The molecule has 1 fully saturated rings. The molecule has 2 aromatic carbocycles. The van der Waals surface area contributed by atoms with Crippen LogP contribution in [-0.4, -0.2) is 36.2 Å². The topological polar surface area (TPSA) is 49.8 Å². The van der Waals surface area contributed by atoms with Crippen LogP contribution in [0.2, 0.25) is 5.02 Å². The fraction of sp³-hybridized carbons (Fsp3) is 0.350. The molecular formula is C20H21ClFNO3. The van der Waals surface area contributed by atoms with Crippen molar-refractivity contribution in [3.63, 3.8) is 0 Å². The number of carboxylic acid groups (broad SMARTS) is 1. The van der Waals surface area contributed by atoms with Gasteiger partial charge in [-0.2, -0.15) is 0 Å². The molecule has 2 unspecified atom stereocenters. The number of hydrogen-bond acceptors (Lipinski definition) is 3. The summed E-state index contributed by atoms with van der Waals surface area (Å²) in [7, 11) is 1.43. The zero-order chi connectivity index (χ0) is 18.7. The Bertz CT molecular complexity index is 781. The highest BCUT2D eigenvalue weighted by Crippen LogP contribution is 2.34. The lowest BCUT2D eigenvalue weighted by molar-refractivity contribution is -0.143. The lowest BCUT2D eigenvalue weighted by Gasteiger charge is -2.37. The molecule has 1 saturated heterocycles. The average Bonchev–Trinajstić information content (AvgIpc) is 2.64. The molecule has 2 atom stereocenters. The maximum absolute atomic E-state index is 14.3. The average molecular weight is 378 g/mol. The summed E-state index contributed by atoms with van der Waals surface area (Å²) in [6.45, 7) is 1.18. The molecule has 0 aromatic heterocycles. The number of benzene rings is 2. The minimum absolute atomic E-state index is 0.186. The van der Waals surface area contributed by atoms with Gasteiger partial charge in [-0.1, -0.05) is 29.8 Å². The van der Waals surface area contributed by atoms with Crippen LogP contribution in [0.5, 0.6) is 5.75 Å². The molecule has 26 heavy (non-hydrogen) atoms. The molecule has 2 aromatic rings. The third-order valence-electron chi connectivity index (χ3n) is 4.84. The molecule has 0 bridgehead atoms. The number of ether oxygens (including phenoxy) is 1. The van der Waals surface area contributed by atoms with Gasteiger partial charge in [0.05, 0.1) is 19.1 Å². The summed E-state index contributed by atoms with van der Waals surface area (Å²) < 4.78 is 19.3. The first-order chi connectivity index (χ1) is 12.5. The fourth-order valence-corrected chi connectivity index (χ4v) is 3.68. The van der Waals surface area contributed by atoms with E-state index in [-0.39, 0.29) is 11.8 Å². The molecule has 4 nitrogen and oxygen atoms in total. The van der Waals surface area contributed by atoms with Gasteiger partial charge in [-0.25, -0.2) is 4.39 Å². The highest BCUT2D eigenvalue weighted by atomic mass is 35.5. The largest absolute Gasteiger partial charge is 0.494 e. The minimum atomic E-state index is -0.787. The number of carbonyl (C=O) groups is 1. The van der Waals surface area contributed by atoms with Crippen molar-refractivity contribution < 1.29 is 19.0 Å². The maximum atomic E-state index is 14.3. The first-order valence-electron chi connectivity index (χ1n) is 8.55. The highest BCUT2D eigenvalue weighted by Gasteiger charge is 2.31. The van der Waals surface area contributed by atoms with E-state index in [4.69, 9.17) is 16.3 Å². The number of piperidine rings is 1. The molecule has 0 amide bonds. The number of aliphatic carboxylic acids is 1. The van der Waals surface area contributed by atoms with Crippen molar-refractivity contribution in [1.82, 2.24) is 4.90 Å². The second-order valence-corrected chi connectivity index (χ2v) is 6.96. The predicted octanol–water partition coefficient (Wildman–Crippen LogP) is 4.37. The van der Waals surface area contributed by atoms with E-state index in [1.54, 1.807) is 18.2 Å². The van der Waals surface area contributed by atoms with Crippen LogP contribution in [0.3, 0.4) is 0 Å². The van der Waals surface area contributed by atoms with E-state index in [0.29, 0.717) is 18.0 Å². The summed E-state index contributed by atoms with van der Waals surface area (Å²) in [5.74, 6) is -1.45. The van der Waals surface area contributed by atoms with Gasteiger partial charge in [0.1, 0.15) is 0 Å². The lowest BCUT2D eigenvalue weighted by Crippen LogP contribution is -2.41. The van der Waals surface area contributed by atoms with Gasteiger partial charge < -0.3 is 9.84 Å². The second-order valence-electron chi connectivity index (χ2n) is 6.52. The molecule has 1 aliphatic heterocycles. The third-order valence-corrected chi connectivity index (χ3v) is 5.10. The molecule has 1 heterocycles. The van der Waals surface area contributed by atoms with Crippen LogP contribution < -0.4 is 4.74 Å².